The number of hydrogen-bond acceptors (Lipinski definition) is 21. The van der Waals surface area contributed by atoms with Gasteiger partial charge in [0, 0.05) is 137 Å². The minimum absolute atomic E-state index is 0.00287. The normalized spacial score (nSPS) is 10.0. The summed E-state index contributed by atoms with van der Waals surface area (Å²) < 4.78 is 0. The summed E-state index contributed by atoms with van der Waals surface area (Å²) in [5.74, 6) is 4.68. The molecular weight excluding hydrogens is 1340 g/mol. The van der Waals surface area contributed by atoms with Crippen molar-refractivity contribution in [1.29, 1.82) is 0 Å². The maximum Gasteiger partial charge on any atom is 0.186 e. The first-order chi connectivity index (χ1) is 48.6. The Morgan fingerprint density at radius 2 is 0.505 bits per heavy atom. The van der Waals surface area contributed by atoms with Crippen molar-refractivity contribution in [2.24, 2.45) is 159 Å². The van der Waals surface area contributed by atoms with Crippen LogP contribution in [0.2, 0.25) is 0 Å². The second-order valence-electron chi connectivity index (χ2n) is 27.9. The molecule has 0 unspecified atom stereocenters. The number of carbonyl (C=O) groups excluding carboxylic acids is 10. The van der Waals surface area contributed by atoms with Crippen molar-refractivity contribution < 1.29 is 47.9 Å². The number of nitrogens with zero attached hydrogens (tertiary/aromatic N) is 4. The quantitative estimate of drug-likeness (QED) is 0.0169. The predicted molar refractivity (Wildman–Crippen MR) is 440 cm³/mol. The third kappa shape index (κ3) is 113. The first-order valence-corrected chi connectivity index (χ1v) is 37.8. The Labute approximate surface area is 636 Å². The molecule has 0 aliphatic heterocycles. The molecule has 0 aromatic carbocycles. The first-order valence-electron chi connectivity index (χ1n) is 37.8. The summed E-state index contributed by atoms with van der Waals surface area (Å²) >= 11 is 0. The van der Waals surface area contributed by atoms with Crippen LogP contribution in [-0.2, 0) is 47.9 Å². The summed E-state index contributed by atoms with van der Waals surface area (Å²) in [6.07, 6.45) is 16.4. The van der Waals surface area contributed by atoms with Crippen LogP contribution in [0.3, 0.4) is 0 Å². The Morgan fingerprint density at radius 1 is 0.257 bits per heavy atom. The molecule has 620 valence electrons. The number of unbranched alkanes of at least 4 members (excludes halogenated alkanes) is 6. The van der Waals surface area contributed by atoms with E-state index in [1.807, 2.05) is 138 Å². The van der Waals surface area contributed by atoms with Gasteiger partial charge in [-0.3, -0.25) is 62.9 Å². The molecule has 0 aromatic heterocycles. The Morgan fingerprint density at radius 3 is 0.771 bits per heavy atom. The summed E-state index contributed by atoms with van der Waals surface area (Å²) in [7, 11) is 0. The molecule has 0 aliphatic rings. The average molecular weight is 1500 g/mol. The number of rotatable bonds is 46. The molecule has 0 saturated heterocycles. The van der Waals surface area contributed by atoms with Crippen LogP contribution in [0, 0.1) is 59.2 Å². The minimum Gasteiger partial charge on any atom is -0.386 e. The van der Waals surface area contributed by atoms with Crippen molar-refractivity contribution in [3.05, 3.63) is 12.4 Å². The van der Waals surface area contributed by atoms with Gasteiger partial charge in [-0.2, -0.15) is 0 Å². The van der Waals surface area contributed by atoms with Crippen molar-refractivity contribution in [2.75, 3.05) is 65.4 Å². The molecule has 0 saturated carbocycles. The second-order valence-corrected chi connectivity index (χ2v) is 27.9. The van der Waals surface area contributed by atoms with Crippen LogP contribution in [0.5, 0.6) is 0 Å². The minimum atomic E-state index is -0.0333. The van der Waals surface area contributed by atoms with E-state index in [4.69, 9.17) is 80.3 Å². The summed E-state index contributed by atoms with van der Waals surface area (Å²) in [6.45, 7) is 46.7. The van der Waals surface area contributed by atoms with E-state index in [0.29, 0.717) is 119 Å². The first kappa shape index (κ1) is 119. The van der Waals surface area contributed by atoms with Gasteiger partial charge >= 0.3 is 0 Å². The fourth-order valence-electron chi connectivity index (χ4n) is 6.61. The van der Waals surface area contributed by atoms with Gasteiger partial charge in [0.15, 0.2) is 29.6 Å². The van der Waals surface area contributed by atoms with Gasteiger partial charge in [-0.1, -0.05) is 158 Å². The largest absolute Gasteiger partial charge is 0.386 e. The number of guanidine groups is 4. The van der Waals surface area contributed by atoms with Crippen LogP contribution in [0.25, 0.3) is 0 Å². The monoisotopic (exact) mass is 1500 g/mol. The molecule has 0 aromatic rings. The molecule has 0 bridgehead atoms. The summed E-state index contributed by atoms with van der Waals surface area (Å²) in [6, 6.07) is 0. The van der Waals surface area contributed by atoms with E-state index in [1.54, 1.807) is 0 Å². The van der Waals surface area contributed by atoms with Crippen LogP contribution in [-0.4, -0.2) is 147 Å². The number of nitrogens with two attached hydrogens (primary N) is 14. The molecule has 0 radical (unpaired) electrons. The van der Waals surface area contributed by atoms with Gasteiger partial charge in [0.05, 0.1) is 12.4 Å². The molecule has 0 aliphatic carbocycles. The molecule has 29 N–H and O–H groups in total. The predicted octanol–water partition coefficient (Wildman–Crippen LogP) is 6.82. The third-order valence-corrected chi connectivity index (χ3v) is 14.2. The van der Waals surface area contributed by atoms with Crippen molar-refractivity contribution in [2.45, 2.75) is 267 Å². The summed E-state index contributed by atoms with van der Waals surface area (Å²) in [5, 5.41) is 2.95. The molecule has 105 heavy (non-hydrogen) atoms. The van der Waals surface area contributed by atoms with Crippen LogP contribution >= 0.6 is 0 Å². The fourth-order valence-corrected chi connectivity index (χ4v) is 6.61. The van der Waals surface area contributed by atoms with Crippen LogP contribution in [0.1, 0.15) is 267 Å². The topological polar surface area (TPSA) is 596 Å². The molecule has 0 fully saturated rings. The maximum atomic E-state index is 11.2. The highest BCUT2D eigenvalue weighted by Crippen LogP contribution is 2.09. The Hall–Kier alpha value is -7.08. The number of ketones is 10. The molecule has 0 heterocycles. The molecule has 0 rings (SSSR count). The molecule has 0 amide bonds. The van der Waals surface area contributed by atoms with Gasteiger partial charge in [-0.15, -0.1) is 0 Å². The number of aliphatic imine (C=N–C) groups is 4. The molecular formula is C76H161N19O10. The highest BCUT2D eigenvalue weighted by Gasteiger charge is 2.11. The molecule has 0 spiro atoms. The standard InChI is InChI=1S/C11H22N2O.C9H19N3O.C9H19NO.C8H17N3O.C8H17NO.C7H15N3O.C7H15NO.C6H13N3O.C6H13NO.C5H11NO/c1-9(2)11(14)7-5-4-6-8-13-10(3)12;1-7(2)8(13)5-3-4-6-12-9(10)11;1-8(2)9(11)6-4-3-5-7-10;1-6(2)7(12)4-3-5-11-8(9)10;1-7(2)8(10)5-3-4-6-9;1-5(2)6(11)3-4-10-7(8)9;1-6(2)7(9)4-3-5-8;1-4(2)5(10)3-9-6(7)8;1-5(2)6(8)3-4-7;1-4(2)5(7)3-6/h9,13H,3-8,12H2,1-2H3;7H,3-6H2,1-2H3,(H4,10,11,12);8H,3-7,10H2,1-2H3;6H,3-5H2,1-2H3,(H4,9,10,11);7H,3-6,9H2,1-2H3;5H,3-4H2,1-2H3,(H4,8,9,10);6H,3-5,8H2,1-2H3;4H,3H2,1-2H3,(H4,7,8,9);5H,3-4,7H2,1-2H3;4H,3,6H2,1-2H3. The van der Waals surface area contributed by atoms with Gasteiger partial charge in [-0.05, 0) is 90.4 Å². The van der Waals surface area contributed by atoms with Crippen LogP contribution in [0.4, 0.5) is 0 Å². The summed E-state index contributed by atoms with van der Waals surface area (Å²) in [4.78, 5) is 124. The highest BCUT2D eigenvalue weighted by molar-refractivity contribution is 5.86. The van der Waals surface area contributed by atoms with E-state index >= 15 is 0 Å². The van der Waals surface area contributed by atoms with Crippen molar-refractivity contribution in [3.63, 3.8) is 0 Å². The molecule has 29 nitrogen and oxygen atoms in total. The van der Waals surface area contributed by atoms with E-state index < -0.39 is 0 Å². The van der Waals surface area contributed by atoms with E-state index in [1.165, 1.54) is 0 Å². The van der Waals surface area contributed by atoms with E-state index in [2.05, 4.69) is 31.9 Å². The Balaban J connectivity index is -0.000000120. The van der Waals surface area contributed by atoms with Crippen LogP contribution in [0.15, 0.2) is 32.4 Å². The van der Waals surface area contributed by atoms with E-state index in [-0.39, 0.29) is 125 Å². The van der Waals surface area contributed by atoms with Gasteiger partial charge in [0.1, 0.15) is 58.6 Å². The number of carbonyl (C=O) groups is 10. The van der Waals surface area contributed by atoms with E-state index in [9.17, 15) is 47.9 Å². The SMILES string of the molecule is C=C(N)NCCCCCC(=O)C(C)C.CC(C)C(=O)CCCCCN.CC(C)C(=O)CCCCN.CC(C)C(=O)CCCCN=C(N)N.CC(C)C(=O)CCCN.CC(C)C(=O)CCCN=C(N)N.CC(C)C(=O)CCN.CC(C)C(=O)CCN=C(N)N.CC(C)C(=O)CN.CC(C)C(=O)CN=C(N)N. The zero-order valence-corrected chi connectivity index (χ0v) is 69.6. The number of hydrogen-bond donors (Lipinski definition) is 15. The zero-order chi connectivity index (χ0) is 84.2. The Kier molecular flexibility index (Phi) is 95.4. The van der Waals surface area contributed by atoms with Gasteiger partial charge in [-0.25, -0.2) is 4.99 Å². The fraction of sp³-hybridized carbons (Fsp3) is 0.789. The lowest BCUT2D eigenvalue weighted by Gasteiger charge is -2.05. The lowest BCUT2D eigenvalue weighted by molar-refractivity contribution is -0.122. The van der Waals surface area contributed by atoms with Gasteiger partial charge in [0.2, 0.25) is 0 Å². The maximum absolute atomic E-state index is 11.2. The lowest BCUT2D eigenvalue weighted by Crippen LogP contribution is -2.24. The third-order valence-electron chi connectivity index (χ3n) is 14.2. The van der Waals surface area contributed by atoms with Crippen molar-refractivity contribution in [1.82, 2.24) is 5.32 Å². The van der Waals surface area contributed by atoms with E-state index in [0.717, 1.165) is 96.6 Å². The second kappa shape index (κ2) is 84.2. The Bertz CT molecular complexity index is 2340. The van der Waals surface area contributed by atoms with Crippen molar-refractivity contribution >= 4 is 81.7 Å². The lowest BCUT2D eigenvalue weighted by atomic mass is 10.0. The van der Waals surface area contributed by atoms with Crippen LogP contribution < -0.4 is 85.6 Å². The zero-order valence-electron chi connectivity index (χ0n) is 69.6. The highest BCUT2D eigenvalue weighted by atomic mass is 16.2. The molecule has 29 heteroatoms. The average Bonchev–Trinajstić information content (AvgIpc) is 2.62. The number of Topliss-reactive ketones (excluding diaryl/α,β-unsaturated/α-hetero) is 10. The van der Waals surface area contributed by atoms with Gasteiger partial charge < -0.3 is 85.6 Å². The smallest absolute Gasteiger partial charge is 0.186 e. The van der Waals surface area contributed by atoms with Crippen molar-refractivity contribution in [3.8, 4) is 0 Å². The molecule has 0 atom stereocenters. The summed E-state index contributed by atoms with van der Waals surface area (Å²) in [5.41, 5.74) is 72.0. The van der Waals surface area contributed by atoms with Gasteiger partial charge in [0.25, 0.3) is 0 Å². The number of nitrogens with one attached hydrogen (secondary N) is 1.